The summed E-state index contributed by atoms with van der Waals surface area (Å²) in [6.45, 7) is 0. The van der Waals surface area contributed by atoms with Crippen LogP contribution in [0.15, 0.2) is 42.9 Å². The highest BCUT2D eigenvalue weighted by molar-refractivity contribution is 6.04. The van der Waals surface area contributed by atoms with Crippen LogP contribution in [-0.4, -0.2) is 50.5 Å². The first-order valence-electron chi connectivity index (χ1n) is 8.55. The van der Waals surface area contributed by atoms with E-state index in [1.54, 1.807) is 35.0 Å². The largest absolute Gasteiger partial charge is 0.468 e. The summed E-state index contributed by atoms with van der Waals surface area (Å²) in [7, 11) is 2.36. The van der Waals surface area contributed by atoms with Gasteiger partial charge in [0.15, 0.2) is 5.82 Å². The number of esters is 2. The minimum Gasteiger partial charge on any atom is -0.468 e. The maximum atomic E-state index is 12.1. The fourth-order valence-corrected chi connectivity index (χ4v) is 3.23. The van der Waals surface area contributed by atoms with Crippen LogP contribution in [0, 0.1) is 0 Å². The van der Waals surface area contributed by atoms with Crippen molar-refractivity contribution in [2.24, 2.45) is 0 Å². The van der Waals surface area contributed by atoms with E-state index in [4.69, 9.17) is 15.2 Å². The minimum atomic E-state index is -1.39. The maximum Gasteiger partial charge on any atom is 0.327 e. The van der Waals surface area contributed by atoms with Crippen LogP contribution in [0.3, 0.4) is 0 Å². The first-order chi connectivity index (χ1) is 14.1. The van der Waals surface area contributed by atoms with Gasteiger partial charge in [0.25, 0.3) is 0 Å². The Bertz CT molecular complexity index is 1240. The molecule has 0 bridgehead atoms. The molecule has 2 N–H and O–H groups in total. The van der Waals surface area contributed by atoms with Crippen molar-refractivity contribution in [3.63, 3.8) is 0 Å². The minimum absolute atomic E-state index is 0.0281. The van der Waals surface area contributed by atoms with Gasteiger partial charge in [-0.05, 0) is 24.3 Å². The standard InChI is InChI=1S/C19H16N6O4/c1-28-17(26)14(18(27)29-2)15-21-8-5-11(24-15)13-10-4-3-7-22-16(10)25-12(13)6-9-23-19(25)20/h3-9,14H,1-2H3,(H2,20,23). The van der Waals surface area contributed by atoms with Gasteiger partial charge in [-0.1, -0.05) is 0 Å². The number of hydrogen-bond donors (Lipinski definition) is 1. The SMILES string of the molecule is COC(=O)C(C(=O)OC)c1nccc(-c2c3cccnc3n3c(N)nccc23)n1. The van der Waals surface area contributed by atoms with E-state index in [1.807, 2.05) is 6.07 Å². The number of carbonyl (C=O) groups is 2. The number of ether oxygens (including phenoxy) is 2. The first kappa shape index (κ1) is 18.3. The Hall–Kier alpha value is -4.08. The topological polar surface area (TPSA) is 135 Å². The van der Waals surface area contributed by atoms with Gasteiger partial charge in [0.2, 0.25) is 11.9 Å². The van der Waals surface area contributed by atoms with Gasteiger partial charge in [-0.15, -0.1) is 0 Å². The molecule has 0 unspecified atom stereocenters. The van der Waals surface area contributed by atoms with Crippen molar-refractivity contribution in [1.82, 2.24) is 24.3 Å². The van der Waals surface area contributed by atoms with E-state index in [-0.39, 0.29) is 11.8 Å². The summed E-state index contributed by atoms with van der Waals surface area (Å²) in [5.41, 5.74) is 8.61. The smallest absolute Gasteiger partial charge is 0.327 e. The molecule has 0 atom stereocenters. The van der Waals surface area contributed by atoms with E-state index in [0.717, 1.165) is 16.5 Å². The lowest BCUT2D eigenvalue weighted by Crippen LogP contribution is -2.26. The van der Waals surface area contributed by atoms with Crippen LogP contribution >= 0.6 is 0 Å². The van der Waals surface area contributed by atoms with Crippen molar-refractivity contribution in [1.29, 1.82) is 0 Å². The molecule has 4 heterocycles. The molecule has 146 valence electrons. The zero-order valence-electron chi connectivity index (χ0n) is 15.6. The molecule has 0 saturated heterocycles. The van der Waals surface area contributed by atoms with E-state index in [9.17, 15) is 9.59 Å². The molecule has 4 aromatic rings. The number of nitrogen functional groups attached to an aromatic ring is 1. The van der Waals surface area contributed by atoms with Crippen molar-refractivity contribution < 1.29 is 19.1 Å². The van der Waals surface area contributed by atoms with Gasteiger partial charge < -0.3 is 15.2 Å². The average Bonchev–Trinajstić information content (AvgIpc) is 3.09. The highest BCUT2D eigenvalue weighted by Gasteiger charge is 2.34. The summed E-state index contributed by atoms with van der Waals surface area (Å²) in [5.74, 6) is -2.77. The molecular weight excluding hydrogens is 376 g/mol. The molecule has 0 aliphatic heterocycles. The summed E-state index contributed by atoms with van der Waals surface area (Å²) in [5, 5.41) is 0.782. The fraction of sp³-hybridized carbons (Fsp3) is 0.158. The summed E-state index contributed by atoms with van der Waals surface area (Å²) in [6.07, 6.45) is 4.70. The van der Waals surface area contributed by atoms with Crippen LogP contribution in [-0.2, 0) is 19.1 Å². The average molecular weight is 392 g/mol. The molecule has 4 rings (SSSR count). The predicted molar refractivity (Wildman–Crippen MR) is 103 cm³/mol. The Morgan fingerprint density at radius 3 is 2.45 bits per heavy atom. The zero-order valence-corrected chi connectivity index (χ0v) is 15.6. The van der Waals surface area contributed by atoms with E-state index in [0.29, 0.717) is 11.3 Å². The van der Waals surface area contributed by atoms with Crippen molar-refractivity contribution in [3.8, 4) is 11.3 Å². The molecule has 29 heavy (non-hydrogen) atoms. The predicted octanol–water partition coefficient (Wildman–Crippen LogP) is 1.35. The van der Waals surface area contributed by atoms with Crippen LogP contribution in [0.1, 0.15) is 11.7 Å². The third kappa shape index (κ3) is 2.90. The number of rotatable bonds is 4. The molecular formula is C19H16N6O4. The third-order valence-corrected chi connectivity index (χ3v) is 4.50. The van der Waals surface area contributed by atoms with E-state index >= 15 is 0 Å². The summed E-state index contributed by atoms with van der Waals surface area (Å²) < 4.78 is 11.1. The van der Waals surface area contributed by atoms with Gasteiger partial charge >= 0.3 is 11.9 Å². The van der Waals surface area contributed by atoms with E-state index < -0.39 is 17.9 Å². The van der Waals surface area contributed by atoms with E-state index in [2.05, 4.69) is 19.9 Å². The van der Waals surface area contributed by atoms with Gasteiger partial charge in [0.05, 0.1) is 25.4 Å². The Labute approximate surface area is 164 Å². The fourth-order valence-electron chi connectivity index (χ4n) is 3.23. The van der Waals surface area contributed by atoms with Crippen molar-refractivity contribution in [2.75, 3.05) is 20.0 Å². The molecule has 0 saturated carbocycles. The van der Waals surface area contributed by atoms with Crippen LogP contribution in [0.5, 0.6) is 0 Å². The number of pyridine rings is 1. The van der Waals surface area contributed by atoms with Gasteiger partial charge in [-0.25, -0.2) is 19.9 Å². The number of hydrogen-bond acceptors (Lipinski definition) is 9. The summed E-state index contributed by atoms with van der Waals surface area (Å²) >= 11 is 0. The van der Waals surface area contributed by atoms with Gasteiger partial charge in [0.1, 0.15) is 5.65 Å². The summed E-state index contributed by atoms with van der Waals surface area (Å²) in [6, 6.07) is 7.13. The lowest BCUT2D eigenvalue weighted by atomic mass is 10.1. The molecule has 10 heteroatoms. The second-order valence-corrected chi connectivity index (χ2v) is 6.05. The molecule has 0 amide bonds. The number of carbonyl (C=O) groups excluding carboxylic acids is 2. The molecule has 4 aromatic heterocycles. The molecule has 0 spiro atoms. The lowest BCUT2D eigenvalue weighted by Gasteiger charge is -2.12. The molecule has 0 aliphatic rings. The zero-order chi connectivity index (χ0) is 20.5. The Balaban J connectivity index is 1.98. The Morgan fingerprint density at radius 2 is 1.72 bits per heavy atom. The highest BCUT2D eigenvalue weighted by atomic mass is 16.5. The number of nitrogens with zero attached hydrogens (tertiary/aromatic N) is 5. The van der Waals surface area contributed by atoms with E-state index in [1.165, 1.54) is 20.4 Å². The first-order valence-corrected chi connectivity index (χ1v) is 8.55. The van der Waals surface area contributed by atoms with Crippen LogP contribution < -0.4 is 5.73 Å². The Kier molecular flexibility index (Phi) is 4.51. The van der Waals surface area contributed by atoms with Gasteiger partial charge in [-0.3, -0.25) is 14.0 Å². The number of methoxy groups -OCH3 is 2. The number of aromatic nitrogens is 5. The second kappa shape index (κ2) is 7.15. The maximum absolute atomic E-state index is 12.1. The van der Waals surface area contributed by atoms with Gasteiger partial charge in [0, 0.05) is 29.5 Å². The number of nitrogens with two attached hydrogens (primary N) is 1. The van der Waals surface area contributed by atoms with Crippen molar-refractivity contribution >= 4 is 34.4 Å². The van der Waals surface area contributed by atoms with Crippen molar-refractivity contribution in [2.45, 2.75) is 5.92 Å². The highest BCUT2D eigenvalue weighted by Crippen LogP contribution is 2.34. The van der Waals surface area contributed by atoms with Crippen LogP contribution in [0.4, 0.5) is 5.95 Å². The molecule has 0 aromatic carbocycles. The monoisotopic (exact) mass is 392 g/mol. The molecule has 0 radical (unpaired) electrons. The quantitative estimate of drug-likeness (QED) is 0.403. The molecule has 0 aliphatic carbocycles. The van der Waals surface area contributed by atoms with Gasteiger partial charge in [-0.2, -0.15) is 0 Å². The Morgan fingerprint density at radius 1 is 1.00 bits per heavy atom. The normalized spacial score (nSPS) is 11.1. The van der Waals surface area contributed by atoms with Crippen molar-refractivity contribution in [3.05, 3.63) is 48.7 Å². The third-order valence-electron chi connectivity index (χ3n) is 4.50. The lowest BCUT2D eigenvalue weighted by molar-refractivity contribution is -0.154. The number of fused-ring (bicyclic) bond motifs is 3. The van der Waals surface area contributed by atoms with Crippen LogP contribution in [0.25, 0.3) is 27.8 Å². The molecule has 0 fully saturated rings. The number of anilines is 1. The second-order valence-electron chi connectivity index (χ2n) is 6.05. The molecule has 10 nitrogen and oxygen atoms in total. The van der Waals surface area contributed by atoms with Crippen LogP contribution in [0.2, 0.25) is 0 Å². The summed E-state index contributed by atoms with van der Waals surface area (Å²) in [4.78, 5) is 41.4.